The summed E-state index contributed by atoms with van der Waals surface area (Å²) < 4.78 is 14.2. The molecule has 1 amide bonds. The van der Waals surface area contributed by atoms with E-state index in [0.717, 1.165) is 11.3 Å². The molecular formula is C11H17NO6. The molecule has 1 aliphatic rings. The van der Waals surface area contributed by atoms with Crippen LogP contribution in [0.4, 0.5) is 0 Å². The Morgan fingerprint density at radius 2 is 1.72 bits per heavy atom. The molecule has 0 aliphatic carbocycles. The second-order valence-electron chi connectivity index (χ2n) is 3.85. The van der Waals surface area contributed by atoms with Crippen molar-refractivity contribution in [3.63, 3.8) is 0 Å². The fourth-order valence-corrected chi connectivity index (χ4v) is 1.63. The predicted octanol–water partition coefficient (Wildman–Crippen LogP) is -0.660. The number of hydrogen-bond acceptors (Lipinski definition) is 6. The average Bonchev–Trinajstić information content (AvgIpc) is 2.90. The molecule has 0 spiro atoms. The highest BCUT2D eigenvalue weighted by molar-refractivity contribution is 5.88. The average molecular weight is 259 g/mol. The van der Waals surface area contributed by atoms with Gasteiger partial charge in [-0.3, -0.25) is 14.4 Å². The lowest BCUT2D eigenvalue weighted by Crippen LogP contribution is -2.45. The van der Waals surface area contributed by atoms with Crippen molar-refractivity contribution in [2.24, 2.45) is 0 Å². The normalized spacial score (nSPS) is 18.2. The van der Waals surface area contributed by atoms with Crippen molar-refractivity contribution in [3.05, 3.63) is 0 Å². The van der Waals surface area contributed by atoms with E-state index in [1.54, 1.807) is 0 Å². The second kappa shape index (κ2) is 6.95. The number of hydrogen-bond donors (Lipinski definition) is 0. The molecule has 0 bridgehead atoms. The van der Waals surface area contributed by atoms with Crippen molar-refractivity contribution in [3.8, 4) is 0 Å². The van der Waals surface area contributed by atoms with Crippen molar-refractivity contribution >= 4 is 17.8 Å². The van der Waals surface area contributed by atoms with E-state index in [1.165, 1.54) is 14.2 Å². The van der Waals surface area contributed by atoms with E-state index >= 15 is 0 Å². The predicted molar refractivity (Wildman–Crippen MR) is 59.6 cm³/mol. The summed E-state index contributed by atoms with van der Waals surface area (Å²) in [5.41, 5.74) is 0. The van der Waals surface area contributed by atoms with Crippen molar-refractivity contribution in [1.82, 2.24) is 4.90 Å². The fraction of sp³-hybridized carbons (Fsp3) is 0.727. The van der Waals surface area contributed by atoms with Gasteiger partial charge in [0.1, 0.15) is 19.2 Å². The van der Waals surface area contributed by atoms with Gasteiger partial charge in [-0.25, -0.2) is 0 Å². The van der Waals surface area contributed by atoms with Gasteiger partial charge in [-0.2, -0.15) is 0 Å². The van der Waals surface area contributed by atoms with Crippen molar-refractivity contribution in [1.29, 1.82) is 0 Å². The number of carbonyl (C=O) groups is 3. The van der Waals surface area contributed by atoms with Crippen LogP contribution in [0.5, 0.6) is 0 Å². The summed E-state index contributed by atoms with van der Waals surface area (Å²) in [4.78, 5) is 35.5. The number of rotatable bonds is 5. The Morgan fingerprint density at radius 1 is 1.17 bits per heavy atom. The SMILES string of the molecule is COC(=O)CN(CC(=O)OC)C(=O)[C@@H]1CCCO1. The smallest absolute Gasteiger partial charge is 0.325 e. The van der Waals surface area contributed by atoms with E-state index in [0.29, 0.717) is 13.0 Å². The van der Waals surface area contributed by atoms with Crippen LogP contribution >= 0.6 is 0 Å². The molecular weight excluding hydrogens is 242 g/mol. The van der Waals surface area contributed by atoms with Gasteiger partial charge in [0.15, 0.2) is 0 Å². The van der Waals surface area contributed by atoms with E-state index in [9.17, 15) is 14.4 Å². The molecule has 7 nitrogen and oxygen atoms in total. The third-order valence-electron chi connectivity index (χ3n) is 2.61. The minimum absolute atomic E-state index is 0.287. The first-order valence-electron chi connectivity index (χ1n) is 5.62. The van der Waals surface area contributed by atoms with E-state index in [-0.39, 0.29) is 19.0 Å². The molecule has 1 atom stereocenters. The lowest BCUT2D eigenvalue weighted by Gasteiger charge is -2.22. The zero-order valence-electron chi connectivity index (χ0n) is 10.5. The molecule has 0 N–H and O–H groups in total. The number of amides is 1. The first-order valence-corrected chi connectivity index (χ1v) is 5.62. The minimum atomic E-state index is -0.592. The van der Waals surface area contributed by atoms with E-state index in [1.807, 2.05) is 0 Å². The molecule has 102 valence electrons. The van der Waals surface area contributed by atoms with Crippen molar-refractivity contribution < 1.29 is 28.6 Å². The quantitative estimate of drug-likeness (QED) is 0.610. The zero-order valence-corrected chi connectivity index (χ0v) is 10.5. The molecule has 7 heteroatoms. The largest absolute Gasteiger partial charge is 0.468 e. The highest BCUT2D eigenvalue weighted by atomic mass is 16.5. The third kappa shape index (κ3) is 3.99. The van der Waals surface area contributed by atoms with Crippen LogP contribution in [0.15, 0.2) is 0 Å². The Bertz CT molecular complexity index is 305. The summed E-state index contributed by atoms with van der Waals surface area (Å²) in [6.07, 6.45) is 0.803. The first kappa shape index (κ1) is 14.4. The van der Waals surface area contributed by atoms with Crippen LogP contribution in [0, 0.1) is 0 Å². The Balaban J connectivity index is 2.65. The van der Waals surface area contributed by atoms with E-state index in [2.05, 4.69) is 9.47 Å². The van der Waals surface area contributed by atoms with Gasteiger partial charge in [0.2, 0.25) is 0 Å². The topological polar surface area (TPSA) is 82.1 Å². The maximum absolute atomic E-state index is 12.0. The standard InChI is InChI=1S/C11H17NO6/c1-16-9(13)6-12(7-10(14)17-2)11(15)8-4-3-5-18-8/h8H,3-7H2,1-2H3/t8-/m0/s1. The van der Waals surface area contributed by atoms with Crippen LogP contribution < -0.4 is 0 Å². The summed E-state index contributed by atoms with van der Waals surface area (Å²) in [5, 5.41) is 0. The summed E-state index contributed by atoms with van der Waals surface area (Å²) in [5.74, 6) is -1.57. The second-order valence-corrected chi connectivity index (χ2v) is 3.85. The number of methoxy groups -OCH3 is 2. The Labute approximate surface area is 105 Å². The van der Waals surface area contributed by atoms with Gasteiger partial charge in [0.05, 0.1) is 14.2 Å². The molecule has 1 aliphatic heterocycles. The van der Waals surface area contributed by atoms with Gasteiger partial charge in [-0.1, -0.05) is 0 Å². The van der Waals surface area contributed by atoms with E-state index < -0.39 is 18.0 Å². The van der Waals surface area contributed by atoms with Gasteiger partial charge in [-0.15, -0.1) is 0 Å². The van der Waals surface area contributed by atoms with Crippen LogP contribution in [0.1, 0.15) is 12.8 Å². The van der Waals surface area contributed by atoms with Gasteiger partial charge >= 0.3 is 11.9 Å². The highest BCUT2D eigenvalue weighted by Crippen LogP contribution is 2.14. The summed E-state index contributed by atoms with van der Waals surface area (Å²) >= 11 is 0. The molecule has 0 aromatic rings. The van der Waals surface area contributed by atoms with Crippen molar-refractivity contribution in [2.45, 2.75) is 18.9 Å². The Kier molecular flexibility index (Phi) is 5.57. The molecule has 18 heavy (non-hydrogen) atoms. The summed E-state index contributed by atoms with van der Waals surface area (Å²) in [6, 6.07) is 0. The number of nitrogens with zero attached hydrogens (tertiary/aromatic N) is 1. The summed E-state index contributed by atoms with van der Waals surface area (Å²) in [7, 11) is 2.43. The van der Waals surface area contributed by atoms with Crippen LogP contribution in [0.25, 0.3) is 0 Å². The maximum atomic E-state index is 12.0. The molecule has 1 rings (SSSR count). The number of carbonyl (C=O) groups excluding carboxylic acids is 3. The Hall–Kier alpha value is -1.63. The van der Waals surface area contributed by atoms with Gasteiger partial charge in [0.25, 0.3) is 5.91 Å². The molecule has 0 aromatic carbocycles. The Morgan fingerprint density at radius 3 is 2.11 bits per heavy atom. The molecule has 0 saturated carbocycles. The van der Waals surface area contributed by atoms with E-state index in [4.69, 9.17) is 4.74 Å². The third-order valence-corrected chi connectivity index (χ3v) is 2.61. The lowest BCUT2D eigenvalue weighted by atomic mass is 10.2. The molecule has 1 saturated heterocycles. The highest BCUT2D eigenvalue weighted by Gasteiger charge is 2.30. The lowest BCUT2D eigenvalue weighted by molar-refractivity contribution is -0.155. The minimum Gasteiger partial charge on any atom is -0.468 e. The number of esters is 2. The van der Waals surface area contributed by atoms with Gasteiger partial charge < -0.3 is 19.1 Å². The fourth-order valence-electron chi connectivity index (χ4n) is 1.63. The van der Waals surface area contributed by atoms with Crippen LogP contribution in [-0.2, 0) is 28.6 Å². The zero-order chi connectivity index (χ0) is 13.5. The van der Waals surface area contributed by atoms with Crippen LogP contribution in [0.3, 0.4) is 0 Å². The molecule has 1 heterocycles. The maximum Gasteiger partial charge on any atom is 0.325 e. The van der Waals surface area contributed by atoms with Gasteiger partial charge in [0, 0.05) is 6.61 Å². The monoisotopic (exact) mass is 259 g/mol. The molecule has 1 fully saturated rings. The number of ether oxygens (including phenoxy) is 3. The van der Waals surface area contributed by atoms with Crippen LogP contribution in [0.2, 0.25) is 0 Å². The van der Waals surface area contributed by atoms with Crippen molar-refractivity contribution in [2.75, 3.05) is 33.9 Å². The first-order chi connectivity index (χ1) is 8.58. The summed E-state index contributed by atoms with van der Waals surface area (Å²) in [6.45, 7) is -0.0602. The molecule has 0 aromatic heterocycles. The molecule has 0 unspecified atom stereocenters. The van der Waals surface area contributed by atoms with Gasteiger partial charge in [-0.05, 0) is 12.8 Å². The van der Waals surface area contributed by atoms with Crippen LogP contribution in [-0.4, -0.2) is 62.8 Å². The molecule has 0 radical (unpaired) electrons.